The van der Waals surface area contributed by atoms with Crippen molar-refractivity contribution in [2.45, 2.75) is 31.7 Å². The average molecular weight is 390 g/mol. The first-order chi connectivity index (χ1) is 12.9. The van der Waals surface area contributed by atoms with Crippen LogP contribution >= 0.6 is 0 Å². The van der Waals surface area contributed by atoms with Gasteiger partial charge in [-0.1, -0.05) is 48.0 Å². The number of benzene rings is 2. The van der Waals surface area contributed by atoms with E-state index in [0.29, 0.717) is 5.75 Å². The second-order valence-electron chi connectivity index (χ2n) is 6.48. The number of allylic oxidation sites excluding steroid dienone is 1. The van der Waals surface area contributed by atoms with Crippen LogP contribution in [0.4, 0.5) is 0 Å². The Morgan fingerprint density at radius 2 is 1.59 bits per heavy atom. The normalized spacial score (nSPS) is 12.7. The van der Waals surface area contributed by atoms with Crippen molar-refractivity contribution in [2.75, 3.05) is 13.7 Å². The second-order valence-corrected chi connectivity index (χ2v) is 8.69. The minimum Gasteiger partial charge on any atom is -0.497 e. The molecule has 0 amide bonds. The van der Waals surface area contributed by atoms with E-state index in [1.165, 1.54) is 10.4 Å². The summed E-state index contributed by atoms with van der Waals surface area (Å²) in [4.78, 5) is 0. The van der Waals surface area contributed by atoms with Gasteiger partial charge in [0.15, 0.2) is 0 Å². The predicted octanol–water partition coefficient (Wildman–Crippen LogP) is 3.27. The molecule has 0 heterocycles. The maximum Gasteiger partial charge on any atom is 0.220 e. The zero-order chi connectivity index (χ0) is 19.9. The summed E-state index contributed by atoms with van der Waals surface area (Å²) < 4.78 is 32.9. The highest BCUT2D eigenvalue weighted by Gasteiger charge is 2.31. The van der Waals surface area contributed by atoms with Crippen molar-refractivity contribution in [2.24, 2.45) is 0 Å². The second kappa shape index (κ2) is 9.69. The lowest BCUT2D eigenvalue weighted by Crippen LogP contribution is -2.39. The van der Waals surface area contributed by atoms with Crippen LogP contribution in [0.25, 0.3) is 0 Å². The molecule has 146 valence electrons. The Morgan fingerprint density at radius 3 is 2.04 bits per heavy atom. The Hall–Kier alpha value is -2.15. The van der Waals surface area contributed by atoms with Gasteiger partial charge in [-0.3, -0.25) is 0 Å². The molecule has 0 aliphatic rings. The molecule has 2 aromatic rings. The number of aliphatic hydroxyl groups is 1. The lowest BCUT2D eigenvalue weighted by Gasteiger charge is -2.26. The molecule has 0 aliphatic carbocycles. The summed E-state index contributed by atoms with van der Waals surface area (Å²) in [6.45, 7) is 5.61. The summed E-state index contributed by atoms with van der Waals surface area (Å²) in [5, 5.41) is 8.70. The number of nitrogens with zero attached hydrogens (tertiary/aromatic N) is 1. The van der Waals surface area contributed by atoms with E-state index in [4.69, 9.17) is 4.74 Å². The van der Waals surface area contributed by atoms with E-state index in [0.717, 1.165) is 16.7 Å². The third kappa shape index (κ3) is 5.66. The number of rotatable bonds is 10. The van der Waals surface area contributed by atoms with Gasteiger partial charge in [-0.05, 0) is 36.6 Å². The molecule has 0 saturated carbocycles. The largest absolute Gasteiger partial charge is 0.497 e. The Balaban J connectivity index is 2.33. The monoisotopic (exact) mass is 389 g/mol. The highest BCUT2D eigenvalue weighted by Crippen LogP contribution is 2.21. The summed E-state index contributed by atoms with van der Waals surface area (Å²) in [6.07, 6.45) is 1.72. The Labute approximate surface area is 162 Å². The summed E-state index contributed by atoms with van der Waals surface area (Å²) in [7, 11) is -2.13. The maximum atomic E-state index is 13.1. The van der Waals surface area contributed by atoms with E-state index >= 15 is 0 Å². The van der Waals surface area contributed by atoms with Crippen molar-refractivity contribution in [3.05, 3.63) is 77.9 Å². The molecule has 0 radical (unpaired) electrons. The van der Waals surface area contributed by atoms with Crippen molar-refractivity contribution < 1.29 is 18.3 Å². The van der Waals surface area contributed by atoms with Crippen LogP contribution in [0.3, 0.4) is 0 Å². The quantitative estimate of drug-likeness (QED) is 0.634. The van der Waals surface area contributed by atoms with Gasteiger partial charge in [-0.25, -0.2) is 8.42 Å². The Morgan fingerprint density at radius 1 is 1.07 bits per heavy atom. The molecule has 1 atom stereocenters. The highest BCUT2D eigenvalue weighted by atomic mass is 32.2. The van der Waals surface area contributed by atoms with Gasteiger partial charge in [0, 0.05) is 13.1 Å². The molecule has 5 nitrogen and oxygen atoms in total. The standard InChI is InChI=1S/C21H27NO4S/c1-4-5-21(16-23)27(24,25)22(14-18-8-6-17(2)7-9-18)15-19-10-12-20(26-3)13-11-19/h4,6-13,21,23H,1,5,14-16H2,2-3H3/t21-/m0/s1. The first kappa shape index (κ1) is 21.2. The van der Waals surface area contributed by atoms with Crippen molar-refractivity contribution in [3.8, 4) is 5.75 Å². The summed E-state index contributed by atoms with van der Waals surface area (Å²) in [5.74, 6) is 0.714. The Bertz CT molecular complexity index is 829. The molecule has 6 heteroatoms. The lowest BCUT2D eigenvalue weighted by atomic mass is 10.1. The van der Waals surface area contributed by atoms with Crippen molar-refractivity contribution in [1.82, 2.24) is 4.31 Å². The fraction of sp³-hybridized carbons (Fsp3) is 0.333. The molecule has 0 aromatic heterocycles. The van der Waals surface area contributed by atoms with Gasteiger partial charge >= 0.3 is 0 Å². The van der Waals surface area contributed by atoms with E-state index in [9.17, 15) is 13.5 Å². The van der Waals surface area contributed by atoms with Crippen molar-refractivity contribution >= 4 is 10.0 Å². The molecule has 2 rings (SSSR count). The number of hydrogen-bond donors (Lipinski definition) is 1. The fourth-order valence-corrected chi connectivity index (χ4v) is 4.40. The number of ether oxygens (including phenoxy) is 1. The van der Waals surface area contributed by atoms with E-state index in [-0.39, 0.29) is 19.5 Å². The first-order valence-electron chi connectivity index (χ1n) is 8.80. The van der Waals surface area contributed by atoms with E-state index in [2.05, 4.69) is 6.58 Å². The molecular weight excluding hydrogens is 362 g/mol. The Kier molecular flexibility index (Phi) is 7.59. The molecule has 1 N–H and O–H groups in total. The van der Waals surface area contributed by atoms with Gasteiger partial charge in [0.25, 0.3) is 0 Å². The van der Waals surface area contributed by atoms with Crippen molar-refractivity contribution in [3.63, 3.8) is 0 Å². The van der Waals surface area contributed by atoms with Crippen LogP contribution in [0.15, 0.2) is 61.2 Å². The minimum atomic E-state index is -3.72. The molecular formula is C21H27NO4S. The topological polar surface area (TPSA) is 66.8 Å². The van der Waals surface area contributed by atoms with Crippen LogP contribution in [-0.2, 0) is 23.1 Å². The fourth-order valence-electron chi connectivity index (χ4n) is 2.75. The van der Waals surface area contributed by atoms with Crippen LogP contribution in [-0.4, -0.2) is 36.8 Å². The number of hydrogen-bond acceptors (Lipinski definition) is 4. The van der Waals surface area contributed by atoms with Crippen LogP contribution < -0.4 is 4.74 Å². The van der Waals surface area contributed by atoms with E-state index < -0.39 is 21.9 Å². The van der Waals surface area contributed by atoms with E-state index in [1.807, 2.05) is 43.3 Å². The molecule has 0 unspecified atom stereocenters. The summed E-state index contributed by atoms with van der Waals surface area (Å²) in [5.41, 5.74) is 2.86. The van der Waals surface area contributed by atoms with Crippen LogP contribution in [0.1, 0.15) is 23.1 Å². The SMILES string of the molecule is C=CC[C@@H](CO)S(=O)(=O)N(Cc1ccc(C)cc1)Cc1ccc(OC)cc1. The van der Waals surface area contributed by atoms with Gasteiger partial charge in [-0.15, -0.1) is 6.58 Å². The van der Waals surface area contributed by atoms with Gasteiger partial charge in [0.2, 0.25) is 10.0 Å². The van der Waals surface area contributed by atoms with Crippen LogP contribution in [0.2, 0.25) is 0 Å². The summed E-state index contributed by atoms with van der Waals surface area (Å²) in [6, 6.07) is 15.1. The molecule has 0 fully saturated rings. The molecule has 27 heavy (non-hydrogen) atoms. The number of methoxy groups -OCH3 is 1. The van der Waals surface area contributed by atoms with Crippen molar-refractivity contribution in [1.29, 1.82) is 0 Å². The van der Waals surface area contributed by atoms with E-state index in [1.54, 1.807) is 19.2 Å². The molecule has 0 spiro atoms. The van der Waals surface area contributed by atoms with Crippen LogP contribution in [0.5, 0.6) is 5.75 Å². The summed E-state index contributed by atoms with van der Waals surface area (Å²) >= 11 is 0. The predicted molar refractivity (Wildman–Crippen MR) is 108 cm³/mol. The van der Waals surface area contributed by atoms with Gasteiger partial charge < -0.3 is 9.84 Å². The maximum absolute atomic E-state index is 13.1. The van der Waals surface area contributed by atoms with Gasteiger partial charge in [0.1, 0.15) is 11.0 Å². The lowest BCUT2D eigenvalue weighted by molar-refractivity contribution is 0.281. The number of aliphatic hydroxyl groups excluding tert-OH is 1. The average Bonchev–Trinajstić information content (AvgIpc) is 2.67. The first-order valence-corrected chi connectivity index (χ1v) is 10.3. The zero-order valence-corrected chi connectivity index (χ0v) is 16.7. The highest BCUT2D eigenvalue weighted by molar-refractivity contribution is 7.89. The smallest absolute Gasteiger partial charge is 0.220 e. The number of sulfonamides is 1. The van der Waals surface area contributed by atoms with Gasteiger partial charge in [-0.2, -0.15) is 4.31 Å². The molecule has 0 saturated heterocycles. The molecule has 0 aliphatic heterocycles. The molecule has 2 aromatic carbocycles. The number of aryl methyl sites for hydroxylation is 1. The molecule has 0 bridgehead atoms. The van der Waals surface area contributed by atoms with Gasteiger partial charge in [0.05, 0.1) is 13.7 Å². The third-order valence-corrected chi connectivity index (χ3v) is 6.57. The zero-order valence-electron chi connectivity index (χ0n) is 15.8. The minimum absolute atomic E-state index is 0.200. The third-order valence-electron chi connectivity index (χ3n) is 4.41. The van der Waals surface area contributed by atoms with Crippen LogP contribution in [0, 0.1) is 6.92 Å².